The summed E-state index contributed by atoms with van der Waals surface area (Å²) in [6.07, 6.45) is 2.21. The monoisotopic (exact) mass is 354 g/mol. The third kappa shape index (κ3) is 4.94. The van der Waals surface area contributed by atoms with Crippen LogP contribution in [0.2, 0.25) is 0 Å². The summed E-state index contributed by atoms with van der Waals surface area (Å²) >= 11 is 0. The van der Waals surface area contributed by atoms with E-state index < -0.39 is 5.97 Å². The van der Waals surface area contributed by atoms with Gasteiger partial charge in [-0.15, -0.1) is 0 Å². The maximum atomic E-state index is 10.9. The summed E-state index contributed by atoms with van der Waals surface area (Å²) in [7, 11) is 0. The molecule has 7 nitrogen and oxygen atoms in total. The molecule has 0 radical (unpaired) electrons. The first-order chi connectivity index (χ1) is 12.4. The van der Waals surface area contributed by atoms with Gasteiger partial charge in [0.1, 0.15) is 11.6 Å². The fourth-order valence-corrected chi connectivity index (χ4v) is 2.34. The first kappa shape index (κ1) is 18.7. The second-order valence-electron chi connectivity index (χ2n) is 5.66. The fourth-order valence-electron chi connectivity index (χ4n) is 2.34. The van der Waals surface area contributed by atoms with Crippen LogP contribution in [0.25, 0.3) is 5.70 Å². The van der Waals surface area contributed by atoms with Crippen LogP contribution in [0, 0.1) is 0 Å². The maximum Gasteiger partial charge on any atom is 0.335 e. The van der Waals surface area contributed by atoms with Gasteiger partial charge in [0.15, 0.2) is 0 Å². The third-order valence-electron chi connectivity index (χ3n) is 3.76. The van der Waals surface area contributed by atoms with Crippen LogP contribution < -0.4 is 22.5 Å². The number of rotatable bonds is 7. The molecule has 0 aliphatic heterocycles. The summed E-state index contributed by atoms with van der Waals surface area (Å²) < 4.78 is 0. The van der Waals surface area contributed by atoms with E-state index in [0.717, 1.165) is 5.56 Å². The number of allylic oxidation sites excluding steroid dienone is 1. The van der Waals surface area contributed by atoms with Gasteiger partial charge in [-0.2, -0.15) is 0 Å². The molecule has 0 heterocycles. The van der Waals surface area contributed by atoms with Crippen LogP contribution in [0.5, 0.6) is 5.75 Å². The SMILES string of the molecule is NC(N)=C(/C=C(\N)c1ccccc1O)NCCc1ccc(C(=O)O)cc1. The molecule has 7 heteroatoms. The van der Waals surface area contributed by atoms with Gasteiger partial charge in [0.2, 0.25) is 0 Å². The molecule has 0 fully saturated rings. The summed E-state index contributed by atoms with van der Waals surface area (Å²) in [5, 5.41) is 21.9. The minimum atomic E-state index is -0.958. The Kier molecular flexibility index (Phi) is 6.10. The summed E-state index contributed by atoms with van der Waals surface area (Å²) in [6, 6.07) is 13.3. The zero-order chi connectivity index (χ0) is 19.1. The van der Waals surface area contributed by atoms with Crippen molar-refractivity contribution < 1.29 is 15.0 Å². The molecule has 0 aliphatic rings. The Morgan fingerprint density at radius 3 is 2.27 bits per heavy atom. The quantitative estimate of drug-likeness (QED) is 0.411. The maximum absolute atomic E-state index is 10.9. The summed E-state index contributed by atoms with van der Waals surface area (Å²) in [5.41, 5.74) is 19.9. The number of carbonyl (C=O) groups is 1. The number of hydrogen-bond acceptors (Lipinski definition) is 6. The van der Waals surface area contributed by atoms with Crippen molar-refractivity contribution in [2.75, 3.05) is 6.54 Å². The van der Waals surface area contributed by atoms with E-state index in [1.165, 1.54) is 0 Å². The van der Waals surface area contributed by atoms with Gasteiger partial charge in [-0.1, -0.05) is 24.3 Å². The van der Waals surface area contributed by atoms with Crippen LogP contribution in [-0.4, -0.2) is 22.7 Å². The number of carboxylic acids is 1. The van der Waals surface area contributed by atoms with E-state index in [0.29, 0.717) is 29.9 Å². The van der Waals surface area contributed by atoms with Crippen LogP contribution in [0.15, 0.2) is 66.1 Å². The van der Waals surface area contributed by atoms with Gasteiger partial charge in [0.25, 0.3) is 0 Å². The molecule has 2 rings (SSSR count). The molecule has 0 saturated carbocycles. The zero-order valence-electron chi connectivity index (χ0n) is 14.1. The lowest BCUT2D eigenvalue weighted by Gasteiger charge is -2.11. The molecule has 9 N–H and O–H groups in total. The molecule has 136 valence electrons. The zero-order valence-corrected chi connectivity index (χ0v) is 14.1. The average molecular weight is 354 g/mol. The van der Waals surface area contributed by atoms with Gasteiger partial charge in [-0.25, -0.2) is 4.79 Å². The van der Waals surface area contributed by atoms with E-state index in [4.69, 9.17) is 22.3 Å². The Balaban J connectivity index is 2.03. The van der Waals surface area contributed by atoms with E-state index in [9.17, 15) is 9.90 Å². The van der Waals surface area contributed by atoms with Gasteiger partial charge < -0.3 is 32.7 Å². The minimum Gasteiger partial charge on any atom is -0.507 e. The standard InChI is InChI=1S/C19H22N4O3/c20-15(14-3-1-2-4-17(14)24)11-16(18(21)22)23-10-9-12-5-7-13(8-6-12)19(25)26/h1-8,11,23-24H,9-10,20-22H2,(H,25,26)/b15-11-. The summed E-state index contributed by atoms with van der Waals surface area (Å²) in [4.78, 5) is 10.9. The molecule has 0 bridgehead atoms. The van der Waals surface area contributed by atoms with Crippen molar-refractivity contribution in [3.05, 3.63) is 82.8 Å². The molecule has 0 aliphatic carbocycles. The number of nitrogens with two attached hydrogens (primary N) is 3. The lowest BCUT2D eigenvalue weighted by molar-refractivity contribution is 0.0697. The third-order valence-corrected chi connectivity index (χ3v) is 3.76. The number of aromatic carboxylic acids is 1. The molecule has 0 amide bonds. The molecule has 2 aromatic rings. The molecule has 0 spiro atoms. The minimum absolute atomic E-state index is 0.0645. The Labute approximate surface area is 151 Å². The highest BCUT2D eigenvalue weighted by Crippen LogP contribution is 2.21. The van der Waals surface area contributed by atoms with Crippen LogP contribution in [0.3, 0.4) is 0 Å². The predicted octanol–water partition coefficient (Wildman–Crippen LogP) is 1.31. The second kappa shape index (κ2) is 8.48. The highest BCUT2D eigenvalue weighted by atomic mass is 16.4. The average Bonchev–Trinajstić information content (AvgIpc) is 2.61. The van der Waals surface area contributed by atoms with Crippen molar-refractivity contribution in [1.29, 1.82) is 0 Å². The van der Waals surface area contributed by atoms with Crippen molar-refractivity contribution in [1.82, 2.24) is 5.32 Å². The number of aromatic hydroxyl groups is 1. The van der Waals surface area contributed by atoms with E-state index in [1.807, 2.05) is 0 Å². The molecular formula is C19H22N4O3. The largest absolute Gasteiger partial charge is 0.507 e. The number of hydrogen-bond donors (Lipinski definition) is 6. The predicted molar refractivity (Wildman–Crippen MR) is 101 cm³/mol. The smallest absolute Gasteiger partial charge is 0.335 e. The fraction of sp³-hybridized carbons (Fsp3) is 0.105. The van der Waals surface area contributed by atoms with Crippen molar-refractivity contribution in [2.24, 2.45) is 17.2 Å². The van der Waals surface area contributed by atoms with Gasteiger partial charge in [-0.3, -0.25) is 0 Å². The van der Waals surface area contributed by atoms with Crippen LogP contribution in [0.1, 0.15) is 21.5 Å². The Bertz CT molecular complexity index is 838. The second-order valence-corrected chi connectivity index (χ2v) is 5.66. The van der Waals surface area contributed by atoms with Crippen LogP contribution in [-0.2, 0) is 6.42 Å². The lowest BCUT2D eigenvalue weighted by atomic mass is 10.1. The first-order valence-corrected chi connectivity index (χ1v) is 7.95. The molecule has 26 heavy (non-hydrogen) atoms. The van der Waals surface area contributed by atoms with Crippen molar-refractivity contribution in [2.45, 2.75) is 6.42 Å². The van der Waals surface area contributed by atoms with E-state index >= 15 is 0 Å². The van der Waals surface area contributed by atoms with E-state index in [-0.39, 0.29) is 17.1 Å². The topological polar surface area (TPSA) is 148 Å². The van der Waals surface area contributed by atoms with Gasteiger partial charge in [-0.05, 0) is 42.3 Å². The molecule has 0 unspecified atom stereocenters. The van der Waals surface area contributed by atoms with Gasteiger partial charge in [0.05, 0.1) is 11.3 Å². The molecule has 2 aromatic carbocycles. The Morgan fingerprint density at radius 2 is 1.69 bits per heavy atom. The first-order valence-electron chi connectivity index (χ1n) is 7.95. The lowest BCUT2D eigenvalue weighted by Crippen LogP contribution is -2.24. The molecule has 0 saturated heterocycles. The number of benzene rings is 2. The van der Waals surface area contributed by atoms with Gasteiger partial charge in [0, 0.05) is 17.8 Å². The number of phenolic OH excluding ortho intramolecular Hbond substituents is 1. The van der Waals surface area contributed by atoms with E-state index in [2.05, 4.69) is 5.32 Å². The number of carboxylic acid groups (broad SMARTS) is 1. The molecule has 0 atom stereocenters. The van der Waals surface area contributed by atoms with Gasteiger partial charge >= 0.3 is 5.97 Å². The van der Waals surface area contributed by atoms with Crippen LogP contribution >= 0.6 is 0 Å². The number of para-hydroxylation sites is 1. The van der Waals surface area contributed by atoms with E-state index in [1.54, 1.807) is 54.6 Å². The molecule has 0 aromatic heterocycles. The Morgan fingerprint density at radius 1 is 1.04 bits per heavy atom. The Hall–Kier alpha value is -3.61. The number of phenols is 1. The molecular weight excluding hydrogens is 332 g/mol. The van der Waals surface area contributed by atoms with Crippen molar-refractivity contribution >= 4 is 11.7 Å². The number of nitrogens with one attached hydrogen (secondary N) is 1. The summed E-state index contributed by atoms with van der Waals surface area (Å²) in [5.74, 6) is -0.820. The van der Waals surface area contributed by atoms with Crippen molar-refractivity contribution in [3.63, 3.8) is 0 Å². The van der Waals surface area contributed by atoms with Crippen LogP contribution in [0.4, 0.5) is 0 Å². The normalized spacial score (nSPS) is 11.0. The highest BCUT2D eigenvalue weighted by molar-refractivity contribution is 5.87. The van der Waals surface area contributed by atoms with Crippen molar-refractivity contribution in [3.8, 4) is 5.75 Å². The summed E-state index contributed by atoms with van der Waals surface area (Å²) in [6.45, 7) is 0.518. The highest BCUT2D eigenvalue weighted by Gasteiger charge is 2.06.